The van der Waals surface area contributed by atoms with Crippen molar-refractivity contribution < 1.29 is 19.8 Å². The van der Waals surface area contributed by atoms with Crippen LogP contribution in [0.2, 0.25) is 0 Å². The second kappa shape index (κ2) is 5.44. The van der Waals surface area contributed by atoms with Crippen LogP contribution < -0.4 is 5.32 Å². The molecule has 0 radical (unpaired) electrons. The molecule has 0 saturated heterocycles. The molecule has 0 bridgehead atoms. The average molecular weight is 287 g/mol. The van der Waals surface area contributed by atoms with Gasteiger partial charge < -0.3 is 15.5 Å². The van der Waals surface area contributed by atoms with Gasteiger partial charge in [-0.2, -0.15) is 0 Å². The summed E-state index contributed by atoms with van der Waals surface area (Å²) in [4.78, 5) is 23.2. The second-order valence-electron chi connectivity index (χ2n) is 5.16. The number of nitrogens with one attached hydrogen (secondary N) is 1. The van der Waals surface area contributed by atoms with Gasteiger partial charge in [0.2, 0.25) is 0 Å². The minimum atomic E-state index is -1.11. The fourth-order valence-electron chi connectivity index (χ4n) is 2.74. The minimum absolute atomic E-state index is 0.0728. The Balaban J connectivity index is 2.70. The lowest BCUT2D eigenvalue weighted by Gasteiger charge is -2.28. The van der Waals surface area contributed by atoms with Gasteiger partial charge in [0.25, 0.3) is 0 Å². The Morgan fingerprint density at radius 1 is 1.00 bits per heavy atom. The monoisotopic (exact) mass is 287 g/mol. The van der Waals surface area contributed by atoms with Gasteiger partial charge in [0.15, 0.2) is 0 Å². The number of carbonyl (C=O) groups is 2. The zero-order valence-electron chi connectivity index (χ0n) is 12.1. The predicted octanol–water partition coefficient (Wildman–Crippen LogP) is 2.40. The van der Waals surface area contributed by atoms with Crippen LogP contribution in [0.1, 0.15) is 30.9 Å². The molecule has 0 aromatic heterocycles. The maximum absolute atomic E-state index is 11.6. The number of rotatable bonds is 3. The number of hydrogen-bond acceptors (Lipinski definition) is 3. The first-order valence-corrected chi connectivity index (χ1v) is 6.54. The predicted molar refractivity (Wildman–Crippen MR) is 77.7 cm³/mol. The molecule has 0 aliphatic carbocycles. The Kier molecular flexibility index (Phi) is 3.84. The lowest BCUT2D eigenvalue weighted by atomic mass is 9.80. The van der Waals surface area contributed by atoms with Crippen molar-refractivity contribution in [3.05, 3.63) is 57.9 Å². The molecule has 1 aliphatic heterocycles. The number of aliphatic carboxylic acids is 2. The lowest BCUT2D eigenvalue weighted by Crippen LogP contribution is -2.31. The van der Waals surface area contributed by atoms with Crippen LogP contribution in [0.3, 0.4) is 0 Å². The third-order valence-corrected chi connectivity index (χ3v) is 3.60. The molecule has 21 heavy (non-hydrogen) atoms. The van der Waals surface area contributed by atoms with Gasteiger partial charge in [0, 0.05) is 11.4 Å². The molecule has 110 valence electrons. The summed E-state index contributed by atoms with van der Waals surface area (Å²) in [5, 5.41) is 21.8. The van der Waals surface area contributed by atoms with E-state index in [9.17, 15) is 19.8 Å². The molecule has 1 aromatic rings. The van der Waals surface area contributed by atoms with Crippen molar-refractivity contribution >= 4 is 11.9 Å². The number of hydrogen-bond donors (Lipinski definition) is 3. The van der Waals surface area contributed by atoms with Crippen LogP contribution in [0.25, 0.3) is 0 Å². The van der Waals surface area contributed by atoms with Gasteiger partial charge in [-0.1, -0.05) is 29.8 Å². The normalized spacial score (nSPS) is 16.0. The van der Waals surface area contributed by atoms with Gasteiger partial charge in [0.1, 0.15) is 0 Å². The van der Waals surface area contributed by atoms with Gasteiger partial charge >= 0.3 is 11.9 Å². The highest BCUT2D eigenvalue weighted by atomic mass is 16.4. The molecule has 0 fully saturated rings. The topological polar surface area (TPSA) is 86.6 Å². The van der Waals surface area contributed by atoms with E-state index in [2.05, 4.69) is 5.32 Å². The molecule has 5 heteroatoms. The Morgan fingerprint density at radius 3 is 1.95 bits per heavy atom. The van der Waals surface area contributed by atoms with Crippen LogP contribution in [0, 0.1) is 6.92 Å². The van der Waals surface area contributed by atoms with Crippen LogP contribution >= 0.6 is 0 Å². The third-order valence-electron chi connectivity index (χ3n) is 3.60. The maximum atomic E-state index is 11.6. The maximum Gasteiger partial charge on any atom is 0.334 e. The highest BCUT2D eigenvalue weighted by molar-refractivity contribution is 5.98. The van der Waals surface area contributed by atoms with Crippen LogP contribution in [0.4, 0.5) is 0 Å². The first-order valence-electron chi connectivity index (χ1n) is 6.54. The number of allylic oxidation sites excluding steroid dienone is 2. The summed E-state index contributed by atoms with van der Waals surface area (Å²) in [7, 11) is 0. The smallest absolute Gasteiger partial charge is 0.334 e. The standard InChI is InChI=1S/C16H17NO4/c1-8-5-4-6-11(7-8)14-12(15(18)19)9(2)17-10(3)13(14)16(20)21/h4-7,14,17H,1-3H3,(H,18,19)(H,20,21). The summed E-state index contributed by atoms with van der Waals surface area (Å²) < 4.78 is 0. The van der Waals surface area contributed by atoms with Crippen LogP contribution in [0.15, 0.2) is 46.8 Å². The number of dihydropyridines is 1. The first-order chi connectivity index (χ1) is 9.82. The van der Waals surface area contributed by atoms with E-state index in [-0.39, 0.29) is 11.1 Å². The Bertz CT molecular complexity index is 649. The molecule has 5 nitrogen and oxygen atoms in total. The van der Waals surface area contributed by atoms with Crippen LogP contribution in [0.5, 0.6) is 0 Å². The second-order valence-corrected chi connectivity index (χ2v) is 5.16. The van der Waals surface area contributed by atoms with E-state index < -0.39 is 17.9 Å². The van der Waals surface area contributed by atoms with E-state index in [1.54, 1.807) is 26.0 Å². The first kappa shape index (κ1) is 14.8. The molecule has 0 spiro atoms. The summed E-state index contributed by atoms with van der Waals surface area (Å²) in [5.74, 6) is -3.00. The average Bonchev–Trinajstić information content (AvgIpc) is 2.36. The van der Waals surface area contributed by atoms with Crippen molar-refractivity contribution in [3.8, 4) is 0 Å². The van der Waals surface area contributed by atoms with Gasteiger partial charge in [0.05, 0.1) is 17.1 Å². The SMILES string of the molecule is CC1=C(C(=O)O)C(c2cccc(C)c2)C(C(=O)O)=C(C)N1. The van der Waals surface area contributed by atoms with E-state index in [0.29, 0.717) is 17.0 Å². The van der Waals surface area contributed by atoms with Crippen molar-refractivity contribution in [2.45, 2.75) is 26.7 Å². The zero-order chi connectivity index (χ0) is 15.7. The van der Waals surface area contributed by atoms with Gasteiger partial charge in [-0.25, -0.2) is 9.59 Å². The fraction of sp³-hybridized carbons (Fsp3) is 0.250. The summed E-state index contributed by atoms with van der Waals surface area (Å²) >= 11 is 0. The fourth-order valence-corrected chi connectivity index (χ4v) is 2.74. The van der Waals surface area contributed by atoms with E-state index in [1.165, 1.54) is 0 Å². The largest absolute Gasteiger partial charge is 0.478 e. The highest BCUT2D eigenvalue weighted by Crippen LogP contribution is 2.38. The Morgan fingerprint density at radius 2 is 1.52 bits per heavy atom. The summed E-state index contributed by atoms with van der Waals surface area (Å²) in [6.45, 7) is 5.18. The molecular weight excluding hydrogens is 270 g/mol. The van der Waals surface area contributed by atoms with Crippen molar-refractivity contribution in [1.29, 1.82) is 0 Å². The van der Waals surface area contributed by atoms with Crippen molar-refractivity contribution in [1.82, 2.24) is 5.32 Å². The number of aryl methyl sites for hydroxylation is 1. The quantitative estimate of drug-likeness (QED) is 0.794. The van der Waals surface area contributed by atoms with Gasteiger partial charge in [-0.15, -0.1) is 0 Å². The van der Waals surface area contributed by atoms with E-state index in [1.807, 2.05) is 19.1 Å². The van der Waals surface area contributed by atoms with Crippen molar-refractivity contribution in [2.24, 2.45) is 0 Å². The minimum Gasteiger partial charge on any atom is -0.478 e. The summed E-state index contributed by atoms with van der Waals surface area (Å²) in [6.07, 6.45) is 0. The molecular formula is C16H17NO4. The molecule has 0 amide bonds. The molecule has 3 N–H and O–H groups in total. The highest BCUT2D eigenvalue weighted by Gasteiger charge is 2.36. The van der Waals surface area contributed by atoms with Crippen molar-refractivity contribution in [2.75, 3.05) is 0 Å². The van der Waals surface area contributed by atoms with Gasteiger partial charge in [-0.05, 0) is 26.3 Å². The number of benzene rings is 1. The zero-order valence-corrected chi connectivity index (χ0v) is 12.1. The molecule has 1 aromatic carbocycles. The lowest BCUT2D eigenvalue weighted by molar-refractivity contribution is -0.133. The van der Waals surface area contributed by atoms with Crippen molar-refractivity contribution in [3.63, 3.8) is 0 Å². The molecule has 2 rings (SSSR count). The molecule has 0 atom stereocenters. The third kappa shape index (κ3) is 2.67. The van der Waals surface area contributed by atoms with Crippen LogP contribution in [-0.4, -0.2) is 22.2 Å². The van der Waals surface area contributed by atoms with Gasteiger partial charge in [-0.3, -0.25) is 0 Å². The van der Waals surface area contributed by atoms with E-state index >= 15 is 0 Å². The summed E-state index contributed by atoms with van der Waals surface area (Å²) in [6, 6.07) is 7.27. The molecule has 0 saturated carbocycles. The molecule has 1 aliphatic rings. The Labute approximate surface area is 122 Å². The van der Waals surface area contributed by atoms with E-state index in [0.717, 1.165) is 5.56 Å². The van der Waals surface area contributed by atoms with Crippen LogP contribution in [-0.2, 0) is 9.59 Å². The molecule has 0 unspecified atom stereocenters. The summed E-state index contributed by atoms with van der Waals surface area (Å²) in [5.41, 5.74) is 2.71. The number of carboxylic acids is 2. The number of carboxylic acid groups (broad SMARTS) is 2. The molecule has 1 heterocycles. The van der Waals surface area contributed by atoms with E-state index in [4.69, 9.17) is 0 Å². The Hall–Kier alpha value is -2.56.